The zero-order chi connectivity index (χ0) is 17.2. The van der Waals surface area contributed by atoms with Crippen LogP contribution in [0.5, 0.6) is 0 Å². The van der Waals surface area contributed by atoms with Gasteiger partial charge in [-0.1, -0.05) is 29.8 Å². The molecule has 1 amide bonds. The van der Waals surface area contributed by atoms with E-state index in [4.69, 9.17) is 22.1 Å². The van der Waals surface area contributed by atoms with Crippen molar-refractivity contribution in [1.29, 1.82) is 0 Å². The van der Waals surface area contributed by atoms with Crippen LogP contribution < -0.4 is 11.1 Å². The highest BCUT2D eigenvalue weighted by atomic mass is 35.5. The van der Waals surface area contributed by atoms with Crippen LogP contribution in [0.25, 0.3) is 0 Å². The molecule has 24 heavy (non-hydrogen) atoms. The molecule has 1 heterocycles. The van der Waals surface area contributed by atoms with Gasteiger partial charge in [-0.2, -0.15) is 0 Å². The Morgan fingerprint density at radius 3 is 2.62 bits per heavy atom. The summed E-state index contributed by atoms with van der Waals surface area (Å²) in [5.41, 5.74) is 7.11. The minimum Gasteiger partial charge on any atom is -0.378 e. The van der Waals surface area contributed by atoms with Gasteiger partial charge in [0, 0.05) is 30.8 Å². The molecule has 0 aromatic heterocycles. The van der Waals surface area contributed by atoms with Crippen molar-refractivity contribution < 1.29 is 13.9 Å². The first-order chi connectivity index (χ1) is 11.5. The van der Waals surface area contributed by atoms with E-state index in [1.807, 2.05) is 11.0 Å². The fourth-order valence-corrected chi connectivity index (χ4v) is 3.01. The lowest BCUT2D eigenvalue weighted by atomic mass is 10.00. The van der Waals surface area contributed by atoms with E-state index in [-0.39, 0.29) is 17.4 Å². The van der Waals surface area contributed by atoms with Gasteiger partial charge in [-0.3, -0.25) is 10.5 Å². The zero-order valence-corrected chi connectivity index (χ0v) is 13.9. The number of morpholine rings is 1. The highest BCUT2D eigenvalue weighted by Gasteiger charge is 2.37. The van der Waals surface area contributed by atoms with Crippen molar-refractivity contribution in [3.63, 3.8) is 0 Å². The molecular weight excluding hydrogens is 333 g/mol. The SMILES string of the molecule is NC1(F)CC(NC(=O)c2ccccc2)=CC(N2CCOCC2)=C1Cl. The number of nitrogens with two attached hydrogens (primary N) is 1. The molecule has 2 aliphatic rings. The van der Waals surface area contributed by atoms with Crippen LogP contribution in [-0.2, 0) is 4.74 Å². The van der Waals surface area contributed by atoms with Gasteiger partial charge >= 0.3 is 0 Å². The monoisotopic (exact) mass is 351 g/mol. The molecule has 7 heteroatoms. The summed E-state index contributed by atoms with van der Waals surface area (Å²) in [6, 6.07) is 8.73. The molecule has 1 aliphatic carbocycles. The van der Waals surface area contributed by atoms with Gasteiger partial charge in [-0.25, -0.2) is 4.39 Å². The standard InChI is InChI=1S/C17H19ClFN3O2/c18-15-14(22-6-8-24-9-7-22)10-13(11-17(15,19)20)21-16(23)12-4-2-1-3-5-12/h1-5,10H,6-9,11,20H2,(H,21,23). The molecule has 3 rings (SSSR count). The van der Waals surface area contributed by atoms with Crippen molar-refractivity contribution in [3.05, 3.63) is 58.4 Å². The maximum Gasteiger partial charge on any atom is 0.255 e. The first-order valence-corrected chi connectivity index (χ1v) is 8.13. The summed E-state index contributed by atoms with van der Waals surface area (Å²) in [6.07, 6.45) is 1.51. The molecule has 1 aliphatic heterocycles. The van der Waals surface area contributed by atoms with Crippen molar-refractivity contribution >= 4 is 17.5 Å². The highest BCUT2D eigenvalue weighted by molar-refractivity contribution is 6.31. The van der Waals surface area contributed by atoms with Crippen LogP contribution in [0, 0.1) is 0 Å². The van der Waals surface area contributed by atoms with E-state index in [2.05, 4.69) is 5.32 Å². The molecule has 0 bridgehead atoms. The lowest BCUT2D eigenvalue weighted by Crippen LogP contribution is -2.45. The number of hydrogen-bond acceptors (Lipinski definition) is 4. The summed E-state index contributed by atoms with van der Waals surface area (Å²) in [7, 11) is 0. The van der Waals surface area contributed by atoms with Gasteiger partial charge in [0.05, 0.1) is 23.9 Å². The summed E-state index contributed by atoms with van der Waals surface area (Å²) >= 11 is 6.17. The second kappa shape index (κ2) is 6.93. The average Bonchev–Trinajstić information content (AvgIpc) is 2.59. The molecule has 5 nitrogen and oxygen atoms in total. The molecule has 0 radical (unpaired) electrons. The van der Waals surface area contributed by atoms with Gasteiger partial charge in [-0.05, 0) is 18.2 Å². The lowest BCUT2D eigenvalue weighted by Gasteiger charge is -2.36. The van der Waals surface area contributed by atoms with E-state index >= 15 is 0 Å². The third-order valence-electron chi connectivity index (χ3n) is 4.01. The molecule has 1 unspecified atom stereocenters. The predicted molar refractivity (Wildman–Crippen MR) is 89.9 cm³/mol. The number of carbonyl (C=O) groups excluding carboxylic acids is 1. The minimum atomic E-state index is -2.21. The van der Waals surface area contributed by atoms with E-state index in [1.54, 1.807) is 30.3 Å². The van der Waals surface area contributed by atoms with Gasteiger partial charge in [0.15, 0.2) is 0 Å². The van der Waals surface area contributed by atoms with E-state index in [0.29, 0.717) is 43.3 Å². The molecule has 1 aromatic rings. The van der Waals surface area contributed by atoms with Crippen LogP contribution in [-0.4, -0.2) is 42.9 Å². The van der Waals surface area contributed by atoms with Gasteiger partial charge < -0.3 is 15.0 Å². The van der Waals surface area contributed by atoms with Gasteiger partial charge in [0.2, 0.25) is 5.79 Å². The third kappa shape index (κ3) is 3.61. The molecule has 1 saturated heterocycles. The third-order valence-corrected chi connectivity index (χ3v) is 4.52. The number of halogens is 2. The first kappa shape index (κ1) is 17.0. The molecule has 1 fully saturated rings. The number of allylic oxidation sites excluding steroid dienone is 1. The maximum atomic E-state index is 14.7. The van der Waals surface area contributed by atoms with E-state index in [9.17, 15) is 9.18 Å². The number of nitrogens with one attached hydrogen (secondary N) is 1. The Balaban J connectivity index is 1.84. The number of ether oxygens (including phenoxy) is 1. The summed E-state index contributed by atoms with van der Waals surface area (Å²) < 4.78 is 20.0. The predicted octanol–water partition coefficient (Wildman–Crippen LogP) is 2.11. The van der Waals surface area contributed by atoms with E-state index in [1.165, 1.54) is 0 Å². The van der Waals surface area contributed by atoms with Crippen LogP contribution in [0.3, 0.4) is 0 Å². The molecule has 1 aromatic carbocycles. The molecule has 0 spiro atoms. The lowest BCUT2D eigenvalue weighted by molar-refractivity contribution is 0.0534. The fraction of sp³-hybridized carbons (Fsp3) is 0.353. The summed E-state index contributed by atoms with van der Waals surface area (Å²) in [5.74, 6) is -2.51. The maximum absolute atomic E-state index is 14.7. The van der Waals surface area contributed by atoms with Gasteiger partial charge in [0.1, 0.15) is 0 Å². The van der Waals surface area contributed by atoms with Crippen molar-refractivity contribution in [1.82, 2.24) is 10.2 Å². The second-order valence-electron chi connectivity index (χ2n) is 5.83. The van der Waals surface area contributed by atoms with Crippen LogP contribution in [0.15, 0.2) is 52.8 Å². The number of nitrogens with zero attached hydrogens (tertiary/aromatic N) is 1. The first-order valence-electron chi connectivity index (χ1n) is 7.75. The Kier molecular flexibility index (Phi) is 4.89. The summed E-state index contributed by atoms with van der Waals surface area (Å²) in [4.78, 5) is 14.2. The number of carbonyl (C=O) groups is 1. The molecule has 0 saturated carbocycles. The summed E-state index contributed by atoms with van der Waals surface area (Å²) in [5, 5.41) is 2.69. The minimum absolute atomic E-state index is 0.0397. The molecule has 128 valence electrons. The van der Waals surface area contributed by atoms with Crippen molar-refractivity contribution in [2.24, 2.45) is 5.73 Å². The van der Waals surface area contributed by atoms with Crippen molar-refractivity contribution in [2.45, 2.75) is 12.2 Å². The van der Waals surface area contributed by atoms with Gasteiger partial charge in [0.25, 0.3) is 5.91 Å². The van der Waals surface area contributed by atoms with E-state index in [0.717, 1.165) is 0 Å². The largest absolute Gasteiger partial charge is 0.378 e. The Bertz CT molecular complexity index is 682. The second-order valence-corrected chi connectivity index (χ2v) is 6.21. The number of benzene rings is 1. The molecule has 3 N–H and O–H groups in total. The smallest absolute Gasteiger partial charge is 0.255 e. The molecular formula is C17H19ClFN3O2. The number of alkyl halides is 1. The van der Waals surface area contributed by atoms with Crippen molar-refractivity contribution in [3.8, 4) is 0 Å². The Labute approximate surface area is 144 Å². The Morgan fingerprint density at radius 2 is 1.96 bits per heavy atom. The number of rotatable bonds is 3. The Morgan fingerprint density at radius 1 is 1.29 bits per heavy atom. The molecule has 1 atom stereocenters. The fourth-order valence-electron chi connectivity index (χ4n) is 2.77. The van der Waals surface area contributed by atoms with Crippen LogP contribution in [0.2, 0.25) is 0 Å². The highest BCUT2D eigenvalue weighted by Crippen LogP contribution is 2.36. The van der Waals surface area contributed by atoms with Crippen LogP contribution in [0.1, 0.15) is 16.8 Å². The number of hydrogen-bond donors (Lipinski definition) is 2. The quantitative estimate of drug-likeness (QED) is 0.818. The van der Waals surface area contributed by atoms with Crippen LogP contribution >= 0.6 is 11.6 Å². The van der Waals surface area contributed by atoms with E-state index < -0.39 is 5.79 Å². The average molecular weight is 352 g/mol. The summed E-state index contributed by atoms with van der Waals surface area (Å²) in [6.45, 7) is 2.27. The zero-order valence-electron chi connectivity index (χ0n) is 13.1. The number of amides is 1. The van der Waals surface area contributed by atoms with Gasteiger partial charge in [-0.15, -0.1) is 0 Å². The van der Waals surface area contributed by atoms with Crippen LogP contribution in [0.4, 0.5) is 4.39 Å². The normalized spacial score (nSPS) is 24.6. The topological polar surface area (TPSA) is 67.6 Å². The van der Waals surface area contributed by atoms with Crippen molar-refractivity contribution in [2.75, 3.05) is 26.3 Å². The Hall–Kier alpha value is -1.89.